The van der Waals surface area contributed by atoms with Crippen LogP contribution in [0.1, 0.15) is 43.2 Å². The average molecular weight is 542 g/mol. The fourth-order valence-electron chi connectivity index (χ4n) is 4.16. The van der Waals surface area contributed by atoms with Gasteiger partial charge in [0.15, 0.2) is 0 Å². The van der Waals surface area contributed by atoms with Gasteiger partial charge in [0.05, 0.1) is 11.4 Å². The Kier molecular flexibility index (Phi) is 8.88. The number of nitrogens with one attached hydrogen (secondary N) is 1. The van der Waals surface area contributed by atoms with Crippen molar-refractivity contribution in [3.63, 3.8) is 0 Å². The second-order valence-electron chi connectivity index (χ2n) is 9.26. The molecule has 10 heteroatoms. The molecule has 1 aliphatic heterocycles. The maximum absolute atomic E-state index is 13.7. The van der Waals surface area contributed by atoms with Crippen LogP contribution in [0.4, 0.5) is 17.6 Å². The van der Waals surface area contributed by atoms with E-state index < -0.39 is 30.4 Å². The highest BCUT2D eigenvalue weighted by atomic mass is 19.3. The lowest BCUT2D eigenvalue weighted by Crippen LogP contribution is -2.30. The predicted octanol–water partition coefficient (Wildman–Crippen LogP) is 5.69. The molecule has 0 fully saturated rings. The Labute approximate surface area is 222 Å². The van der Waals surface area contributed by atoms with E-state index in [0.717, 1.165) is 5.56 Å². The quantitative estimate of drug-likeness (QED) is 0.266. The van der Waals surface area contributed by atoms with Gasteiger partial charge in [-0.05, 0) is 85.4 Å². The van der Waals surface area contributed by atoms with Gasteiger partial charge in [-0.2, -0.15) is 8.78 Å². The smallest absolute Gasteiger partial charge is 0.374 e. The number of allylic oxidation sites excluding steroid dienone is 4. The molecule has 204 valence electrons. The number of halogens is 4. The second-order valence-corrected chi connectivity index (χ2v) is 9.26. The van der Waals surface area contributed by atoms with E-state index in [1.165, 1.54) is 36.4 Å². The van der Waals surface area contributed by atoms with E-state index in [1.807, 2.05) is 0 Å². The number of hydrogen-bond acceptors (Lipinski definition) is 5. The standard InChI is InChI=1S/C29H27F4N3O3/c30-21-8-3-18(4-9-21)17-34-27(37)20-7-12-23-13-14-24(16-20)35-25(2-1-15-29(32,33)28(38)39)26(36-23)19-5-10-22(31)11-6-19/h3-12,16,27,34,37H,1-2,13-15,17H2,(H,38,39)/b12-7?,20-7+,20-16?,23-12+,24-16+,26-25?,35-24?,35-25-,36-23?,36-26+. The number of fused-ring (bicyclic) bond motifs is 3. The lowest BCUT2D eigenvalue weighted by molar-refractivity contribution is -0.165. The highest BCUT2D eigenvalue weighted by Crippen LogP contribution is 2.27. The van der Waals surface area contributed by atoms with Crippen molar-refractivity contribution in [3.05, 3.63) is 106 Å². The summed E-state index contributed by atoms with van der Waals surface area (Å²) in [6.07, 6.45) is 4.01. The first-order chi connectivity index (χ1) is 18.6. The zero-order valence-electron chi connectivity index (χ0n) is 20.9. The van der Waals surface area contributed by atoms with Crippen LogP contribution in [0.3, 0.4) is 0 Å². The van der Waals surface area contributed by atoms with Crippen LogP contribution in [0.2, 0.25) is 0 Å². The van der Waals surface area contributed by atoms with E-state index in [9.17, 15) is 27.5 Å². The summed E-state index contributed by atoms with van der Waals surface area (Å²) >= 11 is 0. The van der Waals surface area contributed by atoms with E-state index in [-0.39, 0.29) is 25.2 Å². The molecule has 1 atom stereocenters. The molecule has 39 heavy (non-hydrogen) atoms. The van der Waals surface area contributed by atoms with E-state index in [0.29, 0.717) is 46.8 Å². The first kappa shape index (κ1) is 28.1. The lowest BCUT2D eigenvalue weighted by atomic mass is 9.97. The highest BCUT2D eigenvalue weighted by Gasteiger charge is 2.38. The lowest BCUT2D eigenvalue weighted by Gasteiger charge is -2.20. The number of aliphatic carboxylic acids is 1. The van der Waals surface area contributed by atoms with Crippen molar-refractivity contribution >= 4 is 17.4 Å². The monoisotopic (exact) mass is 541 g/mol. The Morgan fingerprint density at radius 1 is 0.949 bits per heavy atom. The minimum atomic E-state index is -3.87. The van der Waals surface area contributed by atoms with Gasteiger partial charge < -0.3 is 10.2 Å². The van der Waals surface area contributed by atoms with Gasteiger partial charge in [0.1, 0.15) is 17.9 Å². The maximum atomic E-state index is 13.7. The largest absolute Gasteiger partial charge is 0.477 e. The maximum Gasteiger partial charge on any atom is 0.374 e. The Hall–Kier alpha value is -3.89. The van der Waals surface area contributed by atoms with Crippen LogP contribution in [0, 0.1) is 11.6 Å². The van der Waals surface area contributed by atoms with Crippen LogP contribution in [-0.2, 0) is 11.3 Å². The van der Waals surface area contributed by atoms with Gasteiger partial charge in [0.25, 0.3) is 0 Å². The molecule has 0 amide bonds. The van der Waals surface area contributed by atoms with Crippen LogP contribution < -0.4 is 5.32 Å². The molecule has 0 spiro atoms. The number of benzene rings is 2. The van der Waals surface area contributed by atoms with Crippen LogP contribution in [0.5, 0.6) is 0 Å². The van der Waals surface area contributed by atoms with Gasteiger partial charge in [-0.25, -0.2) is 13.6 Å². The third-order valence-electron chi connectivity index (χ3n) is 6.31. The first-order valence-corrected chi connectivity index (χ1v) is 12.4. The third-order valence-corrected chi connectivity index (χ3v) is 6.31. The normalized spacial score (nSPS) is 23.2. The topological polar surface area (TPSA) is 94.3 Å². The number of aliphatic hydroxyl groups excluding tert-OH is 1. The Balaban J connectivity index is 1.64. The fraction of sp³-hybridized carbons (Fsp3) is 0.276. The summed E-state index contributed by atoms with van der Waals surface area (Å²) in [5.74, 6) is -6.87. The number of carboxylic acids is 1. The SMILES string of the molecule is O=C(O)C(F)(F)CCCC1=N/C2=C/C(C(O)NCc3ccc(F)cc3)=C\C=C(CC2)\N=C\1c1ccc(F)cc1. The second kappa shape index (κ2) is 12.3. The third kappa shape index (κ3) is 7.58. The van der Waals surface area contributed by atoms with Crippen molar-refractivity contribution in [1.82, 2.24) is 5.32 Å². The molecule has 1 unspecified atom stereocenters. The Bertz CT molecular complexity index is 1360. The molecular formula is C29H27F4N3O3. The summed E-state index contributed by atoms with van der Waals surface area (Å²) < 4.78 is 54.3. The van der Waals surface area contributed by atoms with Crippen LogP contribution >= 0.6 is 0 Å². The molecule has 0 saturated carbocycles. The number of alkyl halides is 2. The first-order valence-electron chi connectivity index (χ1n) is 12.4. The summed E-state index contributed by atoms with van der Waals surface area (Å²) in [5, 5.41) is 22.6. The van der Waals surface area contributed by atoms with Crippen molar-refractivity contribution in [2.24, 2.45) is 9.98 Å². The van der Waals surface area contributed by atoms with Crippen LogP contribution in [0.15, 0.2) is 93.7 Å². The fourth-order valence-corrected chi connectivity index (χ4v) is 4.16. The molecule has 1 heterocycles. The predicted molar refractivity (Wildman–Crippen MR) is 140 cm³/mol. The van der Waals surface area contributed by atoms with Gasteiger partial charge >= 0.3 is 11.9 Å². The molecule has 2 aromatic carbocycles. The molecule has 2 bridgehead atoms. The number of aliphatic imine (C=N–C) groups is 2. The molecular weight excluding hydrogens is 514 g/mol. The molecule has 2 aliphatic rings. The van der Waals surface area contributed by atoms with Crippen molar-refractivity contribution in [2.45, 2.75) is 50.8 Å². The van der Waals surface area contributed by atoms with Gasteiger partial charge in [-0.15, -0.1) is 0 Å². The van der Waals surface area contributed by atoms with Crippen molar-refractivity contribution in [1.29, 1.82) is 0 Å². The number of rotatable bonds is 10. The molecule has 2 aromatic rings. The van der Waals surface area contributed by atoms with E-state index >= 15 is 0 Å². The van der Waals surface area contributed by atoms with E-state index in [4.69, 9.17) is 15.1 Å². The highest BCUT2D eigenvalue weighted by molar-refractivity contribution is 6.48. The van der Waals surface area contributed by atoms with Gasteiger partial charge in [0, 0.05) is 29.9 Å². The Morgan fingerprint density at radius 2 is 1.59 bits per heavy atom. The minimum absolute atomic E-state index is 0.00805. The van der Waals surface area contributed by atoms with Crippen LogP contribution in [0.25, 0.3) is 0 Å². The summed E-state index contributed by atoms with van der Waals surface area (Å²) in [6, 6.07) is 11.4. The van der Waals surface area contributed by atoms with Gasteiger partial charge in [-0.3, -0.25) is 15.3 Å². The van der Waals surface area contributed by atoms with E-state index in [1.54, 1.807) is 30.4 Å². The molecule has 4 rings (SSSR count). The number of nitrogens with zero attached hydrogens (tertiary/aromatic N) is 2. The minimum Gasteiger partial charge on any atom is -0.477 e. The van der Waals surface area contributed by atoms with Crippen molar-refractivity contribution in [3.8, 4) is 0 Å². The summed E-state index contributed by atoms with van der Waals surface area (Å²) in [5.41, 5.74) is 3.76. The molecule has 0 aromatic heterocycles. The number of aliphatic hydroxyl groups is 1. The molecule has 0 saturated heterocycles. The summed E-state index contributed by atoms with van der Waals surface area (Å²) in [6.45, 7) is 0.276. The van der Waals surface area contributed by atoms with Gasteiger partial charge in [0.2, 0.25) is 0 Å². The molecule has 3 N–H and O–H groups in total. The van der Waals surface area contributed by atoms with Crippen molar-refractivity contribution < 1.29 is 32.6 Å². The molecule has 1 aliphatic carbocycles. The molecule has 0 radical (unpaired) electrons. The van der Waals surface area contributed by atoms with E-state index in [2.05, 4.69) is 5.32 Å². The summed E-state index contributed by atoms with van der Waals surface area (Å²) in [4.78, 5) is 20.3. The van der Waals surface area contributed by atoms with Crippen molar-refractivity contribution in [2.75, 3.05) is 0 Å². The summed E-state index contributed by atoms with van der Waals surface area (Å²) in [7, 11) is 0. The number of carboxylic acid groups (broad SMARTS) is 1. The Morgan fingerprint density at radius 3 is 2.26 bits per heavy atom. The van der Waals surface area contributed by atoms with Crippen LogP contribution in [-0.4, -0.2) is 39.8 Å². The van der Waals surface area contributed by atoms with Gasteiger partial charge in [-0.1, -0.05) is 18.2 Å². The zero-order valence-corrected chi connectivity index (χ0v) is 20.9. The zero-order chi connectivity index (χ0) is 28.0. The number of hydrogen-bond donors (Lipinski definition) is 3. The average Bonchev–Trinajstić information content (AvgIpc) is 2.88. The number of carbonyl (C=O) groups is 1. The molecule has 6 nitrogen and oxygen atoms in total.